The summed E-state index contributed by atoms with van der Waals surface area (Å²) in [5.41, 5.74) is 6.99. The quantitative estimate of drug-likeness (QED) is 0.477. The molecule has 0 aliphatic carbocycles. The Kier molecular flexibility index (Phi) is 9.14. The summed E-state index contributed by atoms with van der Waals surface area (Å²) in [6.45, 7) is 2.18. The van der Waals surface area contributed by atoms with Gasteiger partial charge in [0.25, 0.3) is 0 Å². The van der Waals surface area contributed by atoms with E-state index in [1.54, 1.807) is 0 Å². The smallest absolute Gasteiger partial charge is 0.133 e. The Bertz CT molecular complexity index is 361. The second-order valence-corrected chi connectivity index (χ2v) is 6.34. The topological polar surface area (TPSA) is 46.2 Å². The minimum Gasteiger partial charge on any atom is -0.506 e. The van der Waals surface area contributed by atoms with E-state index in [1.165, 1.54) is 12.8 Å². The van der Waals surface area contributed by atoms with Gasteiger partial charge in [0.05, 0.1) is 3.57 Å². The molecule has 0 bridgehead atoms. The molecule has 0 aromatic heterocycles. The molecule has 1 atom stereocenters. The van der Waals surface area contributed by atoms with Crippen molar-refractivity contribution in [2.24, 2.45) is 5.73 Å². The summed E-state index contributed by atoms with van der Waals surface area (Å²) in [6.07, 6.45) is 4.47. The maximum Gasteiger partial charge on any atom is 0.133 e. The van der Waals surface area contributed by atoms with Crippen molar-refractivity contribution in [2.45, 2.75) is 38.6 Å². The maximum absolute atomic E-state index is 9.96. The number of nitrogens with two attached hydrogens (primary N) is 1. The minimum absolute atomic E-state index is 0. The van der Waals surface area contributed by atoms with Crippen LogP contribution in [0, 0.1) is 7.14 Å². The highest BCUT2D eigenvalue weighted by Gasteiger charge is 2.13. The van der Waals surface area contributed by atoms with Crippen LogP contribution in [0.25, 0.3) is 0 Å². The molecular formula is C12H18ClI2NO. The van der Waals surface area contributed by atoms with Crippen LogP contribution >= 0.6 is 57.6 Å². The molecule has 0 saturated heterocycles. The number of hydrogen-bond donors (Lipinski definition) is 2. The van der Waals surface area contributed by atoms with E-state index >= 15 is 0 Å². The standard InChI is InChI=1S/C12H17I2NO.ClH/c1-2-3-4-5-11(15)9-6-8(13)7-10(14)12(9)16;/h6-7,11,16H,2-5,15H2,1H3;1H/t11-;/m0./s1. The molecule has 98 valence electrons. The lowest BCUT2D eigenvalue weighted by atomic mass is 10.0. The molecule has 2 nitrogen and oxygen atoms in total. The van der Waals surface area contributed by atoms with E-state index in [1.807, 2.05) is 12.1 Å². The Morgan fingerprint density at radius 2 is 1.94 bits per heavy atom. The van der Waals surface area contributed by atoms with Gasteiger partial charge < -0.3 is 10.8 Å². The molecule has 0 radical (unpaired) electrons. The molecule has 1 aromatic carbocycles. The highest BCUT2D eigenvalue weighted by Crippen LogP contribution is 2.32. The van der Waals surface area contributed by atoms with Gasteiger partial charge in [-0.25, -0.2) is 0 Å². The Labute approximate surface area is 136 Å². The third-order valence-corrected chi connectivity index (χ3v) is 4.02. The first-order valence-corrected chi connectivity index (χ1v) is 7.65. The zero-order valence-electron chi connectivity index (χ0n) is 9.75. The predicted octanol–water partition coefficient (Wildman–Crippen LogP) is 4.60. The number of phenolic OH excluding ortho intramolecular Hbond substituents is 1. The second kappa shape index (κ2) is 8.77. The van der Waals surface area contributed by atoms with Crippen molar-refractivity contribution < 1.29 is 5.11 Å². The highest BCUT2D eigenvalue weighted by molar-refractivity contribution is 14.1. The predicted molar refractivity (Wildman–Crippen MR) is 91.9 cm³/mol. The van der Waals surface area contributed by atoms with Crippen LogP contribution in [0.1, 0.15) is 44.2 Å². The van der Waals surface area contributed by atoms with E-state index in [2.05, 4.69) is 52.1 Å². The molecular weight excluding hydrogens is 463 g/mol. The summed E-state index contributed by atoms with van der Waals surface area (Å²) in [5, 5.41) is 9.96. The summed E-state index contributed by atoms with van der Waals surface area (Å²) in [5.74, 6) is 0.352. The lowest BCUT2D eigenvalue weighted by Gasteiger charge is -2.15. The summed E-state index contributed by atoms with van der Waals surface area (Å²) < 4.78 is 2.01. The Morgan fingerprint density at radius 3 is 2.53 bits per heavy atom. The maximum atomic E-state index is 9.96. The van der Waals surface area contributed by atoms with E-state index in [0.717, 1.165) is 25.5 Å². The number of benzene rings is 1. The molecule has 1 aromatic rings. The molecule has 0 amide bonds. The monoisotopic (exact) mass is 481 g/mol. The first-order chi connectivity index (χ1) is 7.56. The fourth-order valence-electron chi connectivity index (χ4n) is 1.64. The van der Waals surface area contributed by atoms with Gasteiger partial charge in [0.15, 0.2) is 0 Å². The fraction of sp³-hybridized carbons (Fsp3) is 0.500. The van der Waals surface area contributed by atoms with Gasteiger partial charge >= 0.3 is 0 Å². The largest absolute Gasteiger partial charge is 0.506 e. The normalized spacial score (nSPS) is 12.0. The van der Waals surface area contributed by atoms with Crippen molar-refractivity contribution >= 4 is 57.6 Å². The summed E-state index contributed by atoms with van der Waals surface area (Å²) in [6, 6.07) is 3.89. The Hall–Kier alpha value is 0.730. The number of hydrogen-bond acceptors (Lipinski definition) is 2. The molecule has 0 heterocycles. The third kappa shape index (κ3) is 5.48. The van der Waals surface area contributed by atoms with Crippen LogP contribution in [-0.4, -0.2) is 5.11 Å². The molecule has 17 heavy (non-hydrogen) atoms. The second-order valence-electron chi connectivity index (χ2n) is 3.93. The minimum atomic E-state index is -0.0465. The van der Waals surface area contributed by atoms with Gasteiger partial charge in [-0.3, -0.25) is 0 Å². The van der Waals surface area contributed by atoms with Gasteiger partial charge in [-0.05, 0) is 63.7 Å². The van der Waals surface area contributed by atoms with E-state index in [4.69, 9.17) is 5.73 Å². The molecule has 0 unspecified atom stereocenters. The van der Waals surface area contributed by atoms with Gasteiger partial charge in [-0.2, -0.15) is 0 Å². The number of aromatic hydroxyl groups is 1. The molecule has 0 fully saturated rings. The molecule has 1 rings (SSSR count). The van der Waals surface area contributed by atoms with Gasteiger partial charge in [-0.15, -0.1) is 12.4 Å². The molecule has 0 saturated carbocycles. The van der Waals surface area contributed by atoms with Crippen molar-refractivity contribution in [1.29, 1.82) is 0 Å². The van der Waals surface area contributed by atoms with Gasteiger partial charge in [0.2, 0.25) is 0 Å². The fourth-order valence-corrected chi connectivity index (χ4v) is 3.53. The summed E-state index contributed by atoms with van der Waals surface area (Å²) in [7, 11) is 0. The lowest BCUT2D eigenvalue weighted by Crippen LogP contribution is -2.11. The molecule has 0 spiro atoms. The average Bonchev–Trinajstić information content (AvgIpc) is 2.23. The van der Waals surface area contributed by atoms with Crippen LogP contribution in [0.15, 0.2) is 12.1 Å². The van der Waals surface area contributed by atoms with Crippen LogP contribution in [0.2, 0.25) is 0 Å². The van der Waals surface area contributed by atoms with Crippen LogP contribution in [0.4, 0.5) is 0 Å². The van der Waals surface area contributed by atoms with Crippen molar-refractivity contribution in [3.63, 3.8) is 0 Å². The zero-order valence-corrected chi connectivity index (χ0v) is 14.9. The highest BCUT2D eigenvalue weighted by atomic mass is 127. The zero-order chi connectivity index (χ0) is 12.1. The van der Waals surface area contributed by atoms with Crippen LogP contribution in [0.5, 0.6) is 5.75 Å². The SMILES string of the molecule is CCCCC[C@H](N)c1cc(I)cc(I)c1O.Cl. The number of rotatable bonds is 5. The van der Waals surface area contributed by atoms with Crippen LogP contribution in [0.3, 0.4) is 0 Å². The van der Waals surface area contributed by atoms with Gasteiger partial charge in [0.1, 0.15) is 5.75 Å². The van der Waals surface area contributed by atoms with Crippen molar-refractivity contribution in [3.8, 4) is 5.75 Å². The third-order valence-electron chi connectivity index (χ3n) is 2.58. The van der Waals surface area contributed by atoms with Crippen molar-refractivity contribution in [1.82, 2.24) is 0 Å². The summed E-state index contributed by atoms with van der Waals surface area (Å²) >= 11 is 4.40. The number of phenols is 1. The molecule has 5 heteroatoms. The lowest BCUT2D eigenvalue weighted by molar-refractivity contribution is 0.452. The summed E-state index contributed by atoms with van der Waals surface area (Å²) in [4.78, 5) is 0. The number of unbranched alkanes of at least 4 members (excludes halogenated alkanes) is 2. The average molecular weight is 482 g/mol. The van der Waals surface area contributed by atoms with Crippen LogP contribution in [-0.2, 0) is 0 Å². The molecule has 3 N–H and O–H groups in total. The first-order valence-electron chi connectivity index (χ1n) is 5.49. The van der Waals surface area contributed by atoms with Gasteiger partial charge in [-0.1, -0.05) is 26.2 Å². The van der Waals surface area contributed by atoms with E-state index in [-0.39, 0.29) is 18.4 Å². The van der Waals surface area contributed by atoms with Gasteiger partial charge in [0, 0.05) is 15.2 Å². The van der Waals surface area contributed by atoms with Crippen molar-refractivity contribution in [2.75, 3.05) is 0 Å². The number of halogens is 3. The van der Waals surface area contributed by atoms with E-state index < -0.39 is 0 Å². The van der Waals surface area contributed by atoms with Crippen LogP contribution < -0.4 is 5.73 Å². The Balaban J connectivity index is 0.00000256. The van der Waals surface area contributed by atoms with Crippen molar-refractivity contribution in [3.05, 3.63) is 24.8 Å². The van der Waals surface area contributed by atoms with E-state index in [0.29, 0.717) is 5.75 Å². The Morgan fingerprint density at radius 1 is 1.29 bits per heavy atom. The molecule has 0 aliphatic heterocycles. The van der Waals surface area contributed by atoms with E-state index in [9.17, 15) is 5.11 Å². The first kappa shape index (κ1) is 17.7. The molecule has 0 aliphatic rings.